The summed E-state index contributed by atoms with van der Waals surface area (Å²) in [5, 5.41) is 0. The molecule has 2 aliphatic rings. The SMILES string of the molecule is CS(=O)(=O)N1CCC2(CCO[C@H]2Cc2cncnc2)CC1. The van der Waals surface area contributed by atoms with Crippen molar-refractivity contribution in [1.29, 1.82) is 0 Å². The first-order chi connectivity index (χ1) is 10.00. The Balaban J connectivity index is 1.70. The van der Waals surface area contributed by atoms with E-state index in [1.807, 2.05) is 12.4 Å². The molecule has 21 heavy (non-hydrogen) atoms. The Morgan fingerprint density at radius 3 is 2.57 bits per heavy atom. The summed E-state index contributed by atoms with van der Waals surface area (Å²) in [5.41, 5.74) is 1.19. The van der Waals surface area contributed by atoms with Crippen LogP contribution < -0.4 is 0 Å². The summed E-state index contributed by atoms with van der Waals surface area (Å²) in [4.78, 5) is 8.10. The third-order valence-electron chi connectivity index (χ3n) is 4.82. The number of nitrogens with zero attached hydrogens (tertiary/aromatic N) is 3. The van der Waals surface area contributed by atoms with Gasteiger partial charge in [0.15, 0.2) is 0 Å². The van der Waals surface area contributed by atoms with Crippen LogP contribution in [0.5, 0.6) is 0 Å². The van der Waals surface area contributed by atoms with E-state index < -0.39 is 10.0 Å². The maximum atomic E-state index is 11.6. The zero-order valence-corrected chi connectivity index (χ0v) is 13.1. The zero-order chi connectivity index (χ0) is 14.9. The van der Waals surface area contributed by atoms with Crippen LogP contribution in [0.15, 0.2) is 18.7 Å². The number of ether oxygens (including phenoxy) is 1. The molecule has 6 nitrogen and oxygen atoms in total. The van der Waals surface area contributed by atoms with Gasteiger partial charge in [-0.05, 0) is 24.8 Å². The van der Waals surface area contributed by atoms with Crippen LogP contribution in [0, 0.1) is 5.41 Å². The molecule has 7 heteroatoms. The second kappa shape index (κ2) is 5.62. The maximum Gasteiger partial charge on any atom is 0.211 e. The molecule has 0 amide bonds. The van der Waals surface area contributed by atoms with E-state index in [4.69, 9.17) is 4.74 Å². The van der Waals surface area contributed by atoms with Crippen molar-refractivity contribution >= 4 is 10.0 Å². The van der Waals surface area contributed by atoms with Crippen LogP contribution >= 0.6 is 0 Å². The summed E-state index contributed by atoms with van der Waals surface area (Å²) < 4.78 is 30.8. The molecule has 2 saturated heterocycles. The summed E-state index contributed by atoms with van der Waals surface area (Å²) in [5.74, 6) is 0. The van der Waals surface area contributed by atoms with Crippen LogP contribution in [0.2, 0.25) is 0 Å². The Morgan fingerprint density at radius 1 is 1.29 bits per heavy atom. The first-order valence-corrected chi connectivity index (χ1v) is 9.15. The van der Waals surface area contributed by atoms with E-state index in [2.05, 4.69) is 9.97 Å². The van der Waals surface area contributed by atoms with Crippen molar-refractivity contribution in [1.82, 2.24) is 14.3 Å². The molecule has 2 aliphatic heterocycles. The van der Waals surface area contributed by atoms with Gasteiger partial charge in [0.25, 0.3) is 0 Å². The molecule has 1 spiro atoms. The minimum absolute atomic E-state index is 0.108. The van der Waals surface area contributed by atoms with Crippen molar-refractivity contribution in [2.75, 3.05) is 26.0 Å². The molecule has 0 bridgehead atoms. The molecular formula is C14H21N3O3S. The van der Waals surface area contributed by atoms with Gasteiger partial charge in [-0.25, -0.2) is 22.7 Å². The number of hydrogen-bond donors (Lipinski definition) is 0. The predicted molar refractivity (Wildman–Crippen MR) is 78.2 cm³/mol. The minimum atomic E-state index is -3.08. The standard InChI is InChI=1S/C14H21N3O3S/c1-21(18,19)17-5-2-14(3-6-17)4-7-20-13(14)8-12-9-15-11-16-10-12/h9-11,13H,2-8H2,1H3/t13-/m0/s1. The van der Waals surface area contributed by atoms with Gasteiger partial charge in [-0.3, -0.25) is 0 Å². The van der Waals surface area contributed by atoms with Crippen molar-refractivity contribution in [3.05, 3.63) is 24.3 Å². The molecule has 116 valence electrons. The highest BCUT2D eigenvalue weighted by Gasteiger charge is 2.46. The average Bonchev–Trinajstić information content (AvgIpc) is 2.82. The second-order valence-corrected chi connectivity index (χ2v) is 8.07. The summed E-state index contributed by atoms with van der Waals surface area (Å²) >= 11 is 0. The van der Waals surface area contributed by atoms with Gasteiger partial charge in [0.05, 0.1) is 12.4 Å². The Hall–Kier alpha value is -1.05. The van der Waals surface area contributed by atoms with Crippen LogP contribution in [0.25, 0.3) is 0 Å². The van der Waals surface area contributed by atoms with Crippen molar-refractivity contribution in [2.24, 2.45) is 5.41 Å². The van der Waals surface area contributed by atoms with Gasteiger partial charge in [0.1, 0.15) is 6.33 Å². The lowest BCUT2D eigenvalue weighted by molar-refractivity contribution is 0.0221. The van der Waals surface area contributed by atoms with Crippen LogP contribution in [-0.2, 0) is 21.2 Å². The fourth-order valence-electron chi connectivity index (χ4n) is 3.50. The monoisotopic (exact) mass is 311 g/mol. The normalized spacial score (nSPS) is 26.2. The van der Waals surface area contributed by atoms with Crippen LogP contribution in [0.1, 0.15) is 24.8 Å². The van der Waals surface area contributed by atoms with Crippen molar-refractivity contribution < 1.29 is 13.2 Å². The lowest BCUT2D eigenvalue weighted by Gasteiger charge is -2.41. The molecular weight excluding hydrogens is 290 g/mol. The largest absolute Gasteiger partial charge is 0.377 e. The van der Waals surface area contributed by atoms with E-state index in [0.29, 0.717) is 13.1 Å². The predicted octanol–water partition coefficient (Wildman–Crippen LogP) is 0.850. The summed E-state index contributed by atoms with van der Waals surface area (Å²) in [7, 11) is -3.08. The molecule has 3 rings (SSSR count). The number of sulfonamides is 1. The number of rotatable bonds is 3. The summed E-state index contributed by atoms with van der Waals surface area (Å²) in [6, 6.07) is 0. The fourth-order valence-corrected chi connectivity index (χ4v) is 4.35. The molecule has 1 aromatic heterocycles. The van der Waals surface area contributed by atoms with E-state index in [0.717, 1.165) is 37.9 Å². The van der Waals surface area contributed by atoms with Crippen LogP contribution in [0.4, 0.5) is 0 Å². The molecule has 0 radical (unpaired) electrons. The molecule has 1 aromatic rings. The smallest absolute Gasteiger partial charge is 0.211 e. The van der Waals surface area contributed by atoms with Gasteiger partial charge in [-0.2, -0.15) is 0 Å². The Labute approximate surface area is 125 Å². The molecule has 2 fully saturated rings. The van der Waals surface area contributed by atoms with Crippen LogP contribution in [0.3, 0.4) is 0 Å². The third kappa shape index (κ3) is 3.09. The molecule has 0 N–H and O–H groups in total. The second-order valence-electron chi connectivity index (χ2n) is 6.08. The van der Waals surface area contributed by atoms with Gasteiger partial charge in [0.2, 0.25) is 10.0 Å². The molecule has 3 heterocycles. The average molecular weight is 311 g/mol. The highest BCUT2D eigenvalue weighted by molar-refractivity contribution is 7.88. The first kappa shape index (κ1) is 14.9. The summed E-state index contributed by atoms with van der Waals surface area (Å²) in [6.07, 6.45) is 10.2. The Morgan fingerprint density at radius 2 is 1.95 bits per heavy atom. The Kier molecular flexibility index (Phi) is 3.98. The van der Waals surface area contributed by atoms with Crippen molar-refractivity contribution in [2.45, 2.75) is 31.8 Å². The molecule has 0 saturated carbocycles. The van der Waals surface area contributed by atoms with Gasteiger partial charge >= 0.3 is 0 Å². The molecule has 1 atom stereocenters. The number of aromatic nitrogens is 2. The highest BCUT2D eigenvalue weighted by Crippen LogP contribution is 2.45. The van der Waals surface area contributed by atoms with Crippen molar-refractivity contribution in [3.8, 4) is 0 Å². The number of hydrogen-bond acceptors (Lipinski definition) is 5. The van der Waals surface area contributed by atoms with Crippen LogP contribution in [-0.4, -0.2) is 54.7 Å². The molecule has 0 aromatic carbocycles. The van der Waals surface area contributed by atoms with Gasteiger partial charge < -0.3 is 4.74 Å². The lowest BCUT2D eigenvalue weighted by atomic mass is 9.72. The van der Waals surface area contributed by atoms with E-state index in [1.165, 1.54) is 12.6 Å². The van der Waals surface area contributed by atoms with E-state index >= 15 is 0 Å². The third-order valence-corrected chi connectivity index (χ3v) is 6.13. The van der Waals surface area contributed by atoms with E-state index in [9.17, 15) is 8.42 Å². The first-order valence-electron chi connectivity index (χ1n) is 7.30. The fraction of sp³-hybridized carbons (Fsp3) is 0.714. The van der Waals surface area contributed by atoms with E-state index in [1.54, 1.807) is 4.31 Å². The van der Waals surface area contributed by atoms with Gasteiger partial charge in [-0.1, -0.05) is 0 Å². The highest BCUT2D eigenvalue weighted by atomic mass is 32.2. The van der Waals surface area contributed by atoms with Gasteiger partial charge in [-0.15, -0.1) is 0 Å². The topological polar surface area (TPSA) is 72.4 Å². The Bertz CT molecular complexity index is 583. The molecule has 0 aliphatic carbocycles. The van der Waals surface area contributed by atoms with E-state index in [-0.39, 0.29) is 11.5 Å². The summed E-state index contributed by atoms with van der Waals surface area (Å²) in [6.45, 7) is 1.96. The lowest BCUT2D eigenvalue weighted by Crippen LogP contribution is -2.46. The number of piperidine rings is 1. The minimum Gasteiger partial charge on any atom is -0.377 e. The molecule has 0 unspecified atom stereocenters. The van der Waals surface area contributed by atoms with Gasteiger partial charge in [0, 0.05) is 43.9 Å². The zero-order valence-electron chi connectivity index (χ0n) is 12.2. The van der Waals surface area contributed by atoms with Crippen molar-refractivity contribution in [3.63, 3.8) is 0 Å². The quantitative estimate of drug-likeness (QED) is 0.827. The maximum absolute atomic E-state index is 11.6.